The molecule has 1 aromatic heterocycles. The Hall–Kier alpha value is -2.69. The van der Waals surface area contributed by atoms with Gasteiger partial charge in [-0.1, -0.05) is 17.7 Å². The van der Waals surface area contributed by atoms with E-state index in [0.717, 1.165) is 11.1 Å². The number of hydrogen-bond acceptors (Lipinski definition) is 4. The molecule has 0 unspecified atom stereocenters. The van der Waals surface area contributed by atoms with Crippen molar-refractivity contribution in [2.45, 2.75) is 26.9 Å². The highest BCUT2D eigenvalue weighted by atomic mass is 16.6. The second kappa shape index (κ2) is 6.39. The standard InChI is InChI=1S/C17H17NO4/c1-11-7-8-12(2)14(10-11)16(19)13(3)22-17(20)15-6-4-5-9-18(15)21/h4-10,13H,1-3H3/t13-/m1/s1. The van der Waals surface area contributed by atoms with E-state index in [1.165, 1.54) is 25.3 Å². The first kappa shape index (κ1) is 15.7. The second-order valence-corrected chi connectivity index (χ2v) is 5.14. The van der Waals surface area contributed by atoms with E-state index < -0.39 is 12.1 Å². The molecule has 1 atom stereocenters. The van der Waals surface area contributed by atoms with Crippen molar-refractivity contribution in [1.82, 2.24) is 0 Å². The topological polar surface area (TPSA) is 70.3 Å². The Balaban J connectivity index is 2.17. The quantitative estimate of drug-likeness (QED) is 0.376. The average Bonchev–Trinajstić information content (AvgIpc) is 2.49. The third-order valence-electron chi connectivity index (χ3n) is 3.34. The summed E-state index contributed by atoms with van der Waals surface area (Å²) in [5, 5.41) is 11.5. The SMILES string of the molecule is Cc1ccc(C)c(C(=O)[C@@H](C)OC(=O)c2cccc[n+]2[O-])c1. The van der Waals surface area contributed by atoms with Crippen molar-refractivity contribution in [2.75, 3.05) is 0 Å². The highest BCUT2D eigenvalue weighted by Gasteiger charge is 2.25. The number of hydrogen-bond donors (Lipinski definition) is 0. The van der Waals surface area contributed by atoms with Gasteiger partial charge in [0.15, 0.2) is 12.3 Å². The Morgan fingerprint density at radius 2 is 1.91 bits per heavy atom. The summed E-state index contributed by atoms with van der Waals surface area (Å²) in [6.07, 6.45) is 0.238. The lowest BCUT2D eigenvalue weighted by Gasteiger charge is -2.13. The molecule has 0 bridgehead atoms. The van der Waals surface area contributed by atoms with Gasteiger partial charge in [0, 0.05) is 17.7 Å². The third-order valence-corrected chi connectivity index (χ3v) is 3.34. The van der Waals surface area contributed by atoms with Crippen molar-refractivity contribution < 1.29 is 19.1 Å². The van der Waals surface area contributed by atoms with Gasteiger partial charge in [-0.2, -0.15) is 4.73 Å². The smallest absolute Gasteiger partial charge is 0.405 e. The minimum Gasteiger partial charge on any atom is -0.618 e. The molecule has 0 N–H and O–H groups in total. The van der Waals surface area contributed by atoms with Crippen LogP contribution >= 0.6 is 0 Å². The van der Waals surface area contributed by atoms with Gasteiger partial charge in [-0.15, -0.1) is 0 Å². The number of carbonyl (C=O) groups excluding carboxylic acids is 2. The Bertz CT molecular complexity index is 724. The van der Waals surface area contributed by atoms with Crippen molar-refractivity contribution in [3.05, 3.63) is 70.2 Å². The van der Waals surface area contributed by atoms with E-state index in [-0.39, 0.29) is 11.5 Å². The fourth-order valence-electron chi connectivity index (χ4n) is 2.08. The fraction of sp³-hybridized carbons (Fsp3) is 0.235. The van der Waals surface area contributed by atoms with Crippen LogP contribution in [0.1, 0.15) is 38.9 Å². The maximum absolute atomic E-state index is 12.4. The summed E-state index contributed by atoms with van der Waals surface area (Å²) in [6.45, 7) is 5.21. The zero-order valence-corrected chi connectivity index (χ0v) is 12.7. The van der Waals surface area contributed by atoms with Gasteiger partial charge in [-0.05, 0) is 38.5 Å². The van der Waals surface area contributed by atoms with Gasteiger partial charge in [-0.25, -0.2) is 4.79 Å². The molecule has 0 aliphatic heterocycles. The van der Waals surface area contributed by atoms with Gasteiger partial charge >= 0.3 is 11.7 Å². The van der Waals surface area contributed by atoms with Crippen LogP contribution < -0.4 is 4.73 Å². The summed E-state index contributed by atoms with van der Waals surface area (Å²) in [4.78, 5) is 24.4. The summed E-state index contributed by atoms with van der Waals surface area (Å²) >= 11 is 0. The molecular formula is C17H17NO4. The molecule has 0 spiro atoms. The Labute approximate surface area is 128 Å². The van der Waals surface area contributed by atoms with E-state index in [4.69, 9.17) is 4.74 Å². The van der Waals surface area contributed by atoms with Crippen LogP contribution in [0.3, 0.4) is 0 Å². The Morgan fingerprint density at radius 1 is 1.18 bits per heavy atom. The molecular weight excluding hydrogens is 282 g/mol. The molecule has 2 rings (SSSR count). The maximum Gasteiger partial charge on any atom is 0.405 e. The van der Waals surface area contributed by atoms with Crippen molar-refractivity contribution >= 4 is 11.8 Å². The molecule has 0 radical (unpaired) electrons. The summed E-state index contributed by atoms with van der Waals surface area (Å²) in [6, 6.07) is 9.94. The van der Waals surface area contributed by atoms with Crippen LogP contribution in [-0.2, 0) is 4.74 Å². The predicted molar refractivity (Wildman–Crippen MR) is 80.5 cm³/mol. The molecule has 0 saturated carbocycles. The number of ether oxygens (including phenoxy) is 1. The number of pyridine rings is 1. The Kier molecular flexibility index (Phi) is 4.56. The lowest BCUT2D eigenvalue weighted by molar-refractivity contribution is -0.608. The zero-order valence-electron chi connectivity index (χ0n) is 12.7. The van der Waals surface area contributed by atoms with Crippen LogP contribution in [0.2, 0.25) is 0 Å². The molecule has 5 heteroatoms. The number of ketones is 1. The van der Waals surface area contributed by atoms with Crippen molar-refractivity contribution in [2.24, 2.45) is 0 Å². The van der Waals surface area contributed by atoms with E-state index in [9.17, 15) is 14.8 Å². The minimum absolute atomic E-state index is 0.150. The number of benzene rings is 1. The molecule has 0 amide bonds. The van der Waals surface area contributed by atoms with Gasteiger partial charge in [0.2, 0.25) is 5.78 Å². The van der Waals surface area contributed by atoms with Crippen molar-refractivity contribution in [1.29, 1.82) is 0 Å². The number of aromatic nitrogens is 1. The number of Topliss-reactive ketones (excluding diaryl/α,β-unsaturated/α-hetero) is 1. The number of nitrogens with zero attached hydrogens (tertiary/aromatic N) is 1. The average molecular weight is 299 g/mol. The minimum atomic E-state index is -0.965. The van der Waals surface area contributed by atoms with Gasteiger partial charge in [0.05, 0.1) is 0 Å². The van der Waals surface area contributed by atoms with E-state index in [2.05, 4.69) is 0 Å². The Morgan fingerprint density at radius 3 is 2.59 bits per heavy atom. The summed E-state index contributed by atoms with van der Waals surface area (Å²) < 4.78 is 5.53. The van der Waals surface area contributed by atoms with E-state index >= 15 is 0 Å². The fourth-order valence-corrected chi connectivity index (χ4v) is 2.08. The van der Waals surface area contributed by atoms with Crippen LogP contribution in [0.15, 0.2) is 42.6 Å². The van der Waals surface area contributed by atoms with Crippen molar-refractivity contribution in [3.8, 4) is 0 Å². The van der Waals surface area contributed by atoms with Crippen LogP contribution in [0, 0.1) is 19.1 Å². The van der Waals surface area contributed by atoms with Crippen LogP contribution in [-0.4, -0.2) is 17.9 Å². The van der Waals surface area contributed by atoms with Crippen LogP contribution in [0.4, 0.5) is 0 Å². The van der Waals surface area contributed by atoms with E-state index in [1.807, 2.05) is 26.0 Å². The van der Waals surface area contributed by atoms with Gasteiger partial charge in [0.25, 0.3) is 0 Å². The first-order valence-electron chi connectivity index (χ1n) is 6.91. The van der Waals surface area contributed by atoms with Crippen molar-refractivity contribution in [3.63, 3.8) is 0 Å². The highest BCUT2D eigenvalue weighted by Crippen LogP contribution is 2.15. The normalized spacial score (nSPS) is 11.8. The number of esters is 1. The predicted octanol–water partition coefficient (Wildman–Crippen LogP) is 2.37. The molecule has 0 fully saturated rings. The van der Waals surface area contributed by atoms with Gasteiger partial charge in [-0.3, -0.25) is 4.79 Å². The van der Waals surface area contributed by atoms with Gasteiger partial charge < -0.3 is 9.94 Å². The lowest BCUT2D eigenvalue weighted by Crippen LogP contribution is -2.36. The number of aryl methyl sites for hydroxylation is 2. The first-order chi connectivity index (χ1) is 10.4. The summed E-state index contributed by atoms with van der Waals surface area (Å²) in [5.41, 5.74) is 2.14. The molecule has 0 aliphatic carbocycles. The summed E-state index contributed by atoms with van der Waals surface area (Å²) in [7, 11) is 0. The maximum atomic E-state index is 12.4. The largest absolute Gasteiger partial charge is 0.618 e. The third kappa shape index (κ3) is 3.31. The molecule has 2 aromatic rings. The molecule has 0 aliphatic rings. The first-order valence-corrected chi connectivity index (χ1v) is 6.91. The molecule has 1 aromatic carbocycles. The lowest BCUT2D eigenvalue weighted by atomic mass is 9.99. The number of carbonyl (C=O) groups is 2. The molecule has 22 heavy (non-hydrogen) atoms. The van der Waals surface area contributed by atoms with E-state index in [0.29, 0.717) is 10.3 Å². The molecule has 1 heterocycles. The molecule has 114 valence electrons. The monoisotopic (exact) mass is 299 g/mol. The number of rotatable bonds is 4. The van der Waals surface area contributed by atoms with Crippen LogP contribution in [0.5, 0.6) is 0 Å². The molecule has 5 nitrogen and oxygen atoms in total. The van der Waals surface area contributed by atoms with E-state index in [1.54, 1.807) is 12.1 Å². The van der Waals surface area contributed by atoms with Crippen LogP contribution in [0.25, 0.3) is 0 Å². The second-order valence-electron chi connectivity index (χ2n) is 5.14. The molecule has 0 saturated heterocycles. The highest BCUT2D eigenvalue weighted by molar-refractivity contribution is 6.02. The van der Waals surface area contributed by atoms with Gasteiger partial charge in [0.1, 0.15) is 0 Å². The zero-order chi connectivity index (χ0) is 16.3. The summed E-state index contributed by atoms with van der Waals surface area (Å²) in [5.74, 6) is -1.11.